The molecule has 0 unspecified atom stereocenters. The molecule has 528 valence electrons. The lowest BCUT2D eigenvalue weighted by Gasteiger charge is -2.72. The molecule has 11 aliphatic rings. The van der Waals surface area contributed by atoms with E-state index in [4.69, 9.17) is 56.8 Å². The van der Waals surface area contributed by atoms with Crippen molar-refractivity contribution in [3.63, 3.8) is 0 Å². The number of carbonyl (C=O) groups is 1. The quantitative estimate of drug-likeness (QED) is 0.0415. The van der Waals surface area contributed by atoms with E-state index in [9.17, 15) is 86.8 Å². The Morgan fingerprint density at radius 3 is 1.79 bits per heavy atom. The zero-order valence-corrected chi connectivity index (χ0v) is 53.0. The summed E-state index contributed by atoms with van der Waals surface area (Å²) in [5.41, 5.74) is -4.93. The van der Waals surface area contributed by atoms with Crippen molar-refractivity contribution in [2.24, 2.45) is 50.2 Å². The second-order valence-corrected chi connectivity index (χ2v) is 30.2. The minimum atomic E-state index is -2.20. The number of hydrogen-bond donors (Lipinski definition) is 17. The molecule has 6 heterocycles. The van der Waals surface area contributed by atoms with E-state index in [0.717, 1.165) is 5.57 Å². The van der Waals surface area contributed by atoms with E-state index in [2.05, 4.69) is 40.7 Å². The minimum Gasteiger partial charge on any atom is -0.432 e. The Kier molecular flexibility index (Phi) is 20.4. The number of hydrogen-bond acceptors (Lipinski definition) is 30. The van der Waals surface area contributed by atoms with Crippen LogP contribution in [0, 0.1) is 50.2 Å². The van der Waals surface area contributed by atoms with E-state index >= 15 is 4.79 Å². The summed E-state index contributed by atoms with van der Waals surface area (Å²) in [5.74, 6) is -1.20. The SMILES string of the molecule is C[C@@H]1O[C@@H](O[C@H]2[C@H](OC(=O)[C@]34CCC(C)(C)C[C@H]3C3=CC[C@@H]5[C@@]6(C)C[C@H](O)[C@H](O[C@@H]7O[C@H](CO)[C@@H](O)[C@H](O)[C@H]7O)[C@@](C)(CO)[C@@H]6CC[C@@]5(C)[C@]3(C)CC4)OC[C@H](O)[C@@H]2O)[C@H](O)[C@H](O)[C@H]1O[C@@H]1OC[C@@H](O)[C@H](O[C@@H]2OC[C@](O)(CO)[C@H]2O[C@@H]2OC[C@@H](O)[C@H](O)[C@H]2O)[C@H]1O. The lowest BCUT2D eigenvalue weighted by atomic mass is 9.33. The highest BCUT2D eigenvalue weighted by molar-refractivity contribution is 5.79. The van der Waals surface area contributed by atoms with E-state index in [1.807, 2.05) is 6.92 Å². The molecule has 92 heavy (non-hydrogen) atoms. The maximum absolute atomic E-state index is 15.5. The van der Waals surface area contributed by atoms with Crippen LogP contribution in [0.3, 0.4) is 0 Å². The molecule has 5 aliphatic carbocycles. The van der Waals surface area contributed by atoms with Crippen LogP contribution < -0.4 is 0 Å². The van der Waals surface area contributed by atoms with Gasteiger partial charge >= 0.3 is 5.97 Å². The van der Waals surface area contributed by atoms with Crippen molar-refractivity contribution >= 4 is 5.97 Å². The molecule has 6 aliphatic heterocycles. The number of ether oxygens (including phenoxy) is 12. The molecule has 4 saturated carbocycles. The molecule has 35 atom stereocenters. The Labute approximate surface area is 532 Å². The fraction of sp³-hybridized carbons (Fsp3) is 0.952. The van der Waals surface area contributed by atoms with Crippen LogP contribution in [0.15, 0.2) is 11.6 Å². The maximum Gasteiger partial charge on any atom is 0.315 e. The van der Waals surface area contributed by atoms with Crippen LogP contribution >= 0.6 is 0 Å². The number of aliphatic hydroxyl groups excluding tert-OH is 16. The molecular weight excluding hydrogens is 1220 g/mol. The van der Waals surface area contributed by atoms with E-state index in [0.29, 0.717) is 51.4 Å². The van der Waals surface area contributed by atoms with Crippen LogP contribution in [0.25, 0.3) is 0 Å². The van der Waals surface area contributed by atoms with Gasteiger partial charge in [-0.2, -0.15) is 0 Å². The first-order valence-corrected chi connectivity index (χ1v) is 32.5. The lowest BCUT2D eigenvalue weighted by Crippen LogP contribution is -2.69. The summed E-state index contributed by atoms with van der Waals surface area (Å²) in [7, 11) is 0. The van der Waals surface area contributed by atoms with E-state index in [1.165, 1.54) is 6.92 Å². The lowest BCUT2D eigenvalue weighted by molar-refractivity contribution is -0.373. The molecule has 30 heteroatoms. The van der Waals surface area contributed by atoms with Crippen LogP contribution in [-0.2, 0) is 61.6 Å². The van der Waals surface area contributed by atoms with Crippen molar-refractivity contribution in [2.45, 2.75) is 272 Å². The van der Waals surface area contributed by atoms with Crippen molar-refractivity contribution in [2.75, 3.05) is 46.2 Å². The van der Waals surface area contributed by atoms with Crippen molar-refractivity contribution in [3.05, 3.63) is 11.6 Å². The Balaban J connectivity index is 0.771. The number of fused-ring (bicyclic) bond motifs is 7. The van der Waals surface area contributed by atoms with Gasteiger partial charge in [0.15, 0.2) is 37.6 Å². The fourth-order valence-corrected chi connectivity index (χ4v) is 18.5. The van der Waals surface area contributed by atoms with Gasteiger partial charge in [-0.3, -0.25) is 4.79 Å². The van der Waals surface area contributed by atoms with E-state index < -0.39 is 245 Å². The van der Waals surface area contributed by atoms with Gasteiger partial charge in [0.2, 0.25) is 6.29 Å². The maximum atomic E-state index is 15.5. The van der Waals surface area contributed by atoms with Crippen molar-refractivity contribution < 1.29 is 148 Å². The van der Waals surface area contributed by atoms with Crippen molar-refractivity contribution in [1.29, 1.82) is 0 Å². The average molecular weight is 1330 g/mol. The monoisotopic (exact) mass is 1320 g/mol. The highest BCUT2D eigenvalue weighted by Gasteiger charge is 2.72. The first-order valence-electron chi connectivity index (χ1n) is 32.5. The number of carbonyl (C=O) groups excluding carboxylic acids is 1. The van der Waals surface area contributed by atoms with E-state index in [1.54, 1.807) is 0 Å². The Morgan fingerprint density at radius 2 is 1.12 bits per heavy atom. The van der Waals surface area contributed by atoms with Gasteiger partial charge in [0.1, 0.15) is 103 Å². The molecule has 0 aromatic carbocycles. The largest absolute Gasteiger partial charge is 0.432 e. The highest BCUT2D eigenvalue weighted by atomic mass is 16.8. The summed E-state index contributed by atoms with van der Waals surface area (Å²) in [6.45, 7) is 10.3. The summed E-state index contributed by atoms with van der Waals surface area (Å²) >= 11 is 0. The molecule has 11 rings (SSSR count). The molecule has 0 bridgehead atoms. The molecular formula is C62H100O30. The number of esters is 1. The Bertz CT molecular complexity index is 2600. The summed E-state index contributed by atoms with van der Waals surface area (Å²) in [5, 5.41) is 186. The van der Waals surface area contributed by atoms with Crippen LogP contribution in [0.2, 0.25) is 0 Å². The fourth-order valence-electron chi connectivity index (χ4n) is 18.5. The Hall–Kier alpha value is -1.91. The zero-order chi connectivity index (χ0) is 66.9. The van der Waals surface area contributed by atoms with Crippen LogP contribution in [0.4, 0.5) is 0 Å². The summed E-state index contributed by atoms with van der Waals surface area (Å²) in [6.07, 6.45) is -35.0. The van der Waals surface area contributed by atoms with Gasteiger partial charge in [-0.15, -0.1) is 0 Å². The van der Waals surface area contributed by atoms with E-state index in [-0.39, 0.29) is 29.6 Å². The Morgan fingerprint density at radius 1 is 0.533 bits per heavy atom. The molecule has 6 saturated heterocycles. The summed E-state index contributed by atoms with van der Waals surface area (Å²) in [6, 6.07) is 0. The number of rotatable bonds is 15. The predicted molar refractivity (Wildman–Crippen MR) is 305 cm³/mol. The minimum absolute atomic E-state index is 0.0383. The highest BCUT2D eigenvalue weighted by Crippen LogP contribution is 2.76. The van der Waals surface area contributed by atoms with Crippen molar-refractivity contribution in [1.82, 2.24) is 0 Å². The van der Waals surface area contributed by atoms with Gasteiger partial charge in [0, 0.05) is 5.41 Å². The third-order valence-corrected chi connectivity index (χ3v) is 24.2. The zero-order valence-electron chi connectivity index (χ0n) is 53.0. The molecule has 30 nitrogen and oxygen atoms in total. The van der Waals surface area contributed by atoms with Crippen LogP contribution in [-0.4, -0.2) is 304 Å². The molecule has 10 fully saturated rings. The summed E-state index contributed by atoms with van der Waals surface area (Å²) < 4.78 is 70.9. The van der Waals surface area contributed by atoms with Gasteiger partial charge in [0.05, 0.1) is 70.0 Å². The first-order chi connectivity index (χ1) is 43.2. The number of allylic oxidation sites excluding steroid dienone is 2. The molecule has 0 radical (unpaired) electrons. The first kappa shape index (κ1) is 71.4. The van der Waals surface area contributed by atoms with Gasteiger partial charge < -0.3 is 144 Å². The smallest absolute Gasteiger partial charge is 0.315 e. The molecule has 17 N–H and O–H groups in total. The van der Waals surface area contributed by atoms with Crippen molar-refractivity contribution in [3.8, 4) is 0 Å². The topological polar surface area (TPSA) is 472 Å². The second kappa shape index (κ2) is 26.3. The van der Waals surface area contributed by atoms with Gasteiger partial charge in [0.25, 0.3) is 0 Å². The normalized spacial score (nSPS) is 55.3. The van der Waals surface area contributed by atoms with Gasteiger partial charge in [-0.05, 0) is 104 Å². The molecule has 0 aromatic rings. The summed E-state index contributed by atoms with van der Waals surface area (Å²) in [4.78, 5) is 15.5. The van der Waals surface area contributed by atoms with Crippen LogP contribution in [0.5, 0.6) is 0 Å². The second-order valence-electron chi connectivity index (χ2n) is 30.2. The molecule has 0 spiro atoms. The standard InChI is InChI=1S/C62H100O30/c1-25-44(87-50-43(78)45(31(69)21-82-50)88-54-48(62(80,23-65)24-84-54)91-49-40(75)35(70)29(67)19-81-49)39(74)42(77)51(85-25)89-46-36(71)30(68)20-83-53(46)92-55(79)61-14-12-56(2,3)16-27(61)26-8-9-34-57(4)17-28(66)47(90-52-41(76)38(73)37(72)32(18-63)86-52)58(5,22-64)33(57)10-11-60(34,7)59(26,6)13-15-61/h8,25,27-54,63-78,80H,9-24H2,1-7H3/t25-,27-,28-,29+,30-,31+,32+,33+,34+,35-,36-,37+,38-,39-,40+,41+,42+,43+,44-,45-,46+,47-,48-,49-,50-,51-,52-,53-,54-,57-,58-,59+,60+,61-,62+/m0/s1. The molecule has 0 amide bonds. The van der Waals surface area contributed by atoms with Gasteiger partial charge in [-0.25, -0.2) is 0 Å². The van der Waals surface area contributed by atoms with Gasteiger partial charge in [-0.1, -0.05) is 53.2 Å². The van der Waals surface area contributed by atoms with Crippen LogP contribution in [0.1, 0.15) is 106 Å². The average Bonchev–Trinajstić information content (AvgIpc) is 0.740. The number of aliphatic hydroxyl groups is 17. The third kappa shape index (κ3) is 11.9. The third-order valence-electron chi connectivity index (χ3n) is 24.2. The predicted octanol–water partition coefficient (Wildman–Crippen LogP) is -4.86. The molecule has 0 aromatic heterocycles.